The van der Waals surface area contributed by atoms with Crippen molar-refractivity contribution in [2.45, 2.75) is 4.90 Å². The van der Waals surface area contributed by atoms with Gasteiger partial charge in [0.25, 0.3) is 0 Å². The van der Waals surface area contributed by atoms with Gasteiger partial charge < -0.3 is 14.4 Å². The second-order valence-corrected chi connectivity index (χ2v) is 6.45. The lowest BCUT2D eigenvalue weighted by Gasteiger charge is -2.23. The number of nitrogens with one attached hydrogen (secondary N) is 2. The molecule has 0 unspecified atom stereocenters. The highest BCUT2D eigenvalue weighted by Crippen LogP contribution is 2.14. The largest absolute Gasteiger partial charge is 0.497 e. The number of morpholine rings is 1. The number of methoxy groups -OCH3 is 1. The van der Waals surface area contributed by atoms with Gasteiger partial charge in [0.2, 0.25) is 10.0 Å². The lowest BCUT2D eigenvalue weighted by Crippen LogP contribution is -3.14. The summed E-state index contributed by atoms with van der Waals surface area (Å²) < 4.78 is 37.1. The molecule has 0 spiro atoms. The minimum Gasteiger partial charge on any atom is -0.497 e. The fourth-order valence-corrected chi connectivity index (χ4v) is 3.14. The van der Waals surface area contributed by atoms with Crippen molar-refractivity contribution in [2.24, 2.45) is 0 Å². The van der Waals surface area contributed by atoms with Crippen LogP contribution in [-0.2, 0) is 14.8 Å². The third-order valence-electron chi connectivity index (χ3n) is 3.34. The molecule has 2 N–H and O–H groups in total. The van der Waals surface area contributed by atoms with Gasteiger partial charge in [-0.2, -0.15) is 0 Å². The summed E-state index contributed by atoms with van der Waals surface area (Å²) in [5.74, 6) is 0.640. The molecule has 0 saturated carbocycles. The Labute approximate surface area is 119 Å². The summed E-state index contributed by atoms with van der Waals surface area (Å²) in [6.45, 7) is 4.58. The number of quaternary nitrogens is 1. The quantitative estimate of drug-likeness (QED) is 0.699. The van der Waals surface area contributed by atoms with Crippen LogP contribution < -0.4 is 14.4 Å². The van der Waals surface area contributed by atoms with E-state index in [4.69, 9.17) is 9.47 Å². The first kappa shape index (κ1) is 15.2. The van der Waals surface area contributed by atoms with Crippen LogP contribution in [0.2, 0.25) is 0 Å². The molecule has 0 radical (unpaired) electrons. The molecule has 112 valence electrons. The predicted octanol–water partition coefficient (Wildman–Crippen LogP) is -1.11. The van der Waals surface area contributed by atoms with E-state index in [1.165, 1.54) is 4.90 Å². The molecule has 1 saturated heterocycles. The number of sulfonamides is 1. The highest BCUT2D eigenvalue weighted by atomic mass is 32.2. The molecule has 0 atom stereocenters. The zero-order chi connectivity index (χ0) is 14.4. The summed E-state index contributed by atoms with van der Waals surface area (Å²) in [4.78, 5) is 1.63. The second-order valence-electron chi connectivity index (χ2n) is 4.69. The number of benzene rings is 1. The molecule has 0 amide bonds. The van der Waals surface area contributed by atoms with Crippen LogP contribution in [0.5, 0.6) is 5.75 Å². The molecule has 1 fully saturated rings. The van der Waals surface area contributed by atoms with Gasteiger partial charge in [-0.1, -0.05) is 0 Å². The fraction of sp³-hybridized carbons (Fsp3) is 0.538. The summed E-state index contributed by atoms with van der Waals surface area (Å²) in [7, 11) is -1.89. The lowest BCUT2D eigenvalue weighted by atomic mass is 10.3. The van der Waals surface area contributed by atoms with Gasteiger partial charge in [-0.05, 0) is 24.3 Å². The average Bonchev–Trinajstić information content (AvgIpc) is 2.48. The minimum absolute atomic E-state index is 0.260. The van der Waals surface area contributed by atoms with Gasteiger partial charge in [0, 0.05) is 0 Å². The van der Waals surface area contributed by atoms with Crippen LogP contribution in [0.15, 0.2) is 29.2 Å². The van der Waals surface area contributed by atoms with Crippen molar-refractivity contribution in [1.82, 2.24) is 4.72 Å². The smallest absolute Gasteiger partial charge is 0.240 e. The van der Waals surface area contributed by atoms with Crippen molar-refractivity contribution in [2.75, 3.05) is 46.5 Å². The topological polar surface area (TPSA) is 69.1 Å². The van der Waals surface area contributed by atoms with Crippen molar-refractivity contribution in [1.29, 1.82) is 0 Å². The van der Waals surface area contributed by atoms with Crippen LogP contribution in [0.1, 0.15) is 0 Å². The van der Waals surface area contributed by atoms with Crippen LogP contribution in [0.4, 0.5) is 0 Å². The van der Waals surface area contributed by atoms with E-state index in [0.717, 1.165) is 32.8 Å². The Morgan fingerprint density at radius 3 is 2.50 bits per heavy atom. The van der Waals surface area contributed by atoms with Crippen molar-refractivity contribution < 1.29 is 22.8 Å². The van der Waals surface area contributed by atoms with Crippen LogP contribution in [0.3, 0.4) is 0 Å². The van der Waals surface area contributed by atoms with Crippen molar-refractivity contribution in [3.8, 4) is 5.75 Å². The van der Waals surface area contributed by atoms with E-state index in [2.05, 4.69) is 4.72 Å². The number of hydrogen-bond donors (Lipinski definition) is 2. The van der Waals surface area contributed by atoms with E-state index in [-0.39, 0.29) is 4.90 Å². The van der Waals surface area contributed by atoms with Gasteiger partial charge >= 0.3 is 0 Å². The molecular weight excluding hydrogens is 280 g/mol. The molecule has 1 aliphatic heterocycles. The third kappa shape index (κ3) is 4.17. The van der Waals surface area contributed by atoms with Gasteiger partial charge in [0.15, 0.2) is 0 Å². The molecule has 6 nitrogen and oxygen atoms in total. The highest BCUT2D eigenvalue weighted by Gasteiger charge is 2.17. The molecule has 0 aromatic heterocycles. The van der Waals surface area contributed by atoms with E-state index < -0.39 is 10.0 Å². The number of hydrogen-bond acceptors (Lipinski definition) is 4. The highest BCUT2D eigenvalue weighted by molar-refractivity contribution is 7.89. The minimum atomic E-state index is -3.44. The average molecular weight is 301 g/mol. The third-order valence-corrected chi connectivity index (χ3v) is 4.82. The first-order chi connectivity index (χ1) is 9.62. The Hall–Kier alpha value is -1.15. The van der Waals surface area contributed by atoms with Gasteiger partial charge in [-0.3, -0.25) is 0 Å². The summed E-state index contributed by atoms with van der Waals surface area (Å²) in [5, 5.41) is 0. The first-order valence-electron chi connectivity index (χ1n) is 6.67. The van der Waals surface area contributed by atoms with E-state index >= 15 is 0 Å². The maximum absolute atomic E-state index is 12.1. The molecule has 7 heteroatoms. The van der Waals surface area contributed by atoms with E-state index in [9.17, 15) is 8.42 Å². The Morgan fingerprint density at radius 1 is 1.25 bits per heavy atom. The fourth-order valence-electron chi connectivity index (χ4n) is 2.11. The van der Waals surface area contributed by atoms with Gasteiger partial charge in [0.05, 0.1) is 38.3 Å². The second kappa shape index (κ2) is 7.03. The predicted molar refractivity (Wildman–Crippen MR) is 74.6 cm³/mol. The van der Waals surface area contributed by atoms with Gasteiger partial charge in [-0.25, -0.2) is 13.1 Å². The summed E-state index contributed by atoms with van der Waals surface area (Å²) in [6.07, 6.45) is 0. The van der Waals surface area contributed by atoms with Crippen molar-refractivity contribution in [3.63, 3.8) is 0 Å². The zero-order valence-electron chi connectivity index (χ0n) is 11.6. The Kier molecular flexibility index (Phi) is 5.36. The Balaban J connectivity index is 1.86. The van der Waals surface area contributed by atoms with Crippen LogP contribution >= 0.6 is 0 Å². The first-order valence-corrected chi connectivity index (χ1v) is 8.15. The van der Waals surface area contributed by atoms with E-state index in [1.807, 2.05) is 0 Å². The molecule has 1 aromatic carbocycles. The SMILES string of the molecule is COc1ccc(S(=O)(=O)NCC[NH+]2CCOCC2)cc1. The van der Waals surface area contributed by atoms with Crippen LogP contribution in [0.25, 0.3) is 0 Å². The normalized spacial score (nSPS) is 17.1. The molecule has 1 aromatic rings. The van der Waals surface area contributed by atoms with Crippen LogP contribution in [-0.4, -0.2) is 54.9 Å². The zero-order valence-corrected chi connectivity index (χ0v) is 12.4. The monoisotopic (exact) mass is 301 g/mol. The molecule has 0 aliphatic carbocycles. The summed E-state index contributed by atoms with van der Waals surface area (Å²) in [6, 6.07) is 6.37. The summed E-state index contributed by atoms with van der Waals surface area (Å²) in [5.41, 5.74) is 0. The standard InChI is InChI=1S/C13H20N2O4S/c1-18-12-2-4-13(5-3-12)20(16,17)14-6-7-15-8-10-19-11-9-15/h2-5,14H,6-11H2,1H3/p+1. The molecule has 2 rings (SSSR count). The molecule has 1 heterocycles. The summed E-state index contributed by atoms with van der Waals surface area (Å²) >= 11 is 0. The molecular formula is C13H21N2O4S+. The van der Waals surface area contributed by atoms with Crippen molar-refractivity contribution in [3.05, 3.63) is 24.3 Å². The molecule has 20 heavy (non-hydrogen) atoms. The van der Waals surface area contributed by atoms with Crippen LogP contribution in [0, 0.1) is 0 Å². The Morgan fingerprint density at radius 2 is 1.90 bits per heavy atom. The molecule has 0 bridgehead atoms. The van der Waals surface area contributed by atoms with Gasteiger partial charge in [0.1, 0.15) is 18.8 Å². The number of ether oxygens (including phenoxy) is 2. The molecule has 1 aliphatic rings. The Bertz CT molecular complexity index is 510. The lowest BCUT2D eigenvalue weighted by molar-refractivity contribution is -0.906. The van der Waals surface area contributed by atoms with E-state index in [0.29, 0.717) is 12.3 Å². The van der Waals surface area contributed by atoms with Gasteiger partial charge in [-0.15, -0.1) is 0 Å². The number of rotatable bonds is 6. The van der Waals surface area contributed by atoms with E-state index in [1.54, 1.807) is 31.4 Å². The maximum atomic E-state index is 12.1. The maximum Gasteiger partial charge on any atom is 0.240 e. The van der Waals surface area contributed by atoms with Crippen molar-refractivity contribution >= 4 is 10.0 Å².